The predicted molar refractivity (Wildman–Crippen MR) is 81.8 cm³/mol. The van der Waals surface area contributed by atoms with Crippen LogP contribution >= 0.6 is 23.2 Å². The van der Waals surface area contributed by atoms with Crippen LogP contribution in [-0.4, -0.2) is 13.0 Å². The average Bonchev–Trinajstić information content (AvgIpc) is 2.40. The summed E-state index contributed by atoms with van der Waals surface area (Å²) in [5.74, 6) is 0.0838. The highest BCUT2D eigenvalue weighted by molar-refractivity contribution is 6.40. The summed E-state index contributed by atoms with van der Waals surface area (Å²) >= 11 is 12.0. The van der Waals surface area contributed by atoms with Crippen LogP contribution in [0.25, 0.3) is 0 Å². The second kappa shape index (κ2) is 6.03. The standard InChI is InChI=1S/C14H12Cl2N2O2/c1-20-12-7-8(5-6-11(12)17)18-14(19)13-9(15)3-2-4-10(13)16/h2-7H,17H2,1H3,(H,18,19). The first-order valence-corrected chi connectivity index (χ1v) is 6.47. The van der Waals surface area contributed by atoms with Crippen molar-refractivity contribution in [3.8, 4) is 5.75 Å². The summed E-state index contributed by atoms with van der Waals surface area (Å²) in [4.78, 5) is 12.2. The van der Waals surface area contributed by atoms with Crippen LogP contribution in [0, 0.1) is 0 Å². The van der Waals surface area contributed by atoms with E-state index in [1.54, 1.807) is 36.4 Å². The van der Waals surface area contributed by atoms with Crippen LogP contribution in [0.3, 0.4) is 0 Å². The number of nitrogens with one attached hydrogen (secondary N) is 1. The number of nitrogen functional groups attached to an aromatic ring is 1. The Hall–Kier alpha value is -1.91. The quantitative estimate of drug-likeness (QED) is 0.847. The van der Waals surface area contributed by atoms with Gasteiger partial charge in [0.15, 0.2) is 0 Å². The van der Waals surface area contributed by atoms with Crippen molar-refractivity contribution in [3.63, 3.8) is 0 Å². The normalized spacial score (nSPS) is 10.2. The van der Waals surface area contributed by atoms with Crippen molar-refractivity contribution in [1.82, 2.24) is 0 Å². The molecule has 3 N–H and O–H groups in total. The van der Waals surface area contributed by atoms with Crippen LogP contribution in [-0.2, 0) is 0 Å². The molecule has 2 rings (SSSR count). The molecule has 0 heterocycles. The number of carbonyl (C=O) groups excluding carboxylic acids is 1. The van der Waals surface area contributed by atoms with E-state index < -0.39 is 5.91 Å². The lowest BCUT2D eigenvalue weighted by atomic mass is 10.2. The SMILES string of the molecule is COc1cc(NC(=O)c2c(Cl)cccc2Cl)ccc1N. The van der Waals surface area contributed by atoms with Gasteiger partial charge >= 0.3 is 0 Å². The Morgan fingerprint density at radius 2 is 1.85 bits per heavy atom. The summed E-state index contributed by atoms with van der Waals surface area (Å²) in [6.45, 7) is 0. The van der Waals surface area contributed by atoms with E-state index in [1.165, 1.54) is 7.11 Å². The van der Waals surface area contributed by atoms with Crippen LogP contribution in [0.2, 0.25) is 10.0 Å². The van der Waals surface area contributed by atoms with Gasteiger partial charge in [-0.25, -0.2) is 0 Å². The maximum Gasteiger partial charge on any atom is 0.258 e. The zero-order valence-electron chi connectivity index (χ0n) is 10.6. The molecule has 0 aliphatic carbocycles. The first-order valence-electron chi connectivity index (χ1n) is 5.72. The Kier molecular flexibility index (Phi) is 4.37. The number of halogens is 2. The number of carbonyl (C=O) groups is 1. The average molecular weight is 311 g/mol. The van der Waals surface area contributed by atoms with Crippen molar-refractivity contribution in [3.05, 3.63) is 52.0 Å². The molecule has 0 saturated heterocycles. The van der Waals surface area contributed by atoms with Crippen LogP contribution < -0.4 is 15.8 Å². The molecule has 6 heteroatoms. The molecule has 0 spiro atoms. The van der Waals surface area contributed by atoms with Gasteiger partial charge in [0.2, 0.25) is 0 Å². The lowest BCUT2D eigenvalue weighted by molar-refractivity contribution is 0.102. The lowest BCUT2D eigenvalue weighted by Crippen LogP contribution is -2.13. The molecule has 4 nitrogen and oxygen atoms in total. The molecule has 0 aromatic heterocycles. The largest absolute Gasteiger partial charge is 0.495 e. The third-order valence-corrected chi connectivity index (χ3v) is 3.31. The van der Waals surface area contributed by atoms with E-state index >= 15 is 0 Å². The van der Waals surface area contributed by atoms with Gasteiger partial charge in [-0.2, -0.15) is 0 Å². The summed E-state index contributed by atoms with van der Waals surface area (Å²) < 4.78 is 5.09. The van der Waals surface area contributed by atoms with Crippen LogP contribution in [0.15, 0.2) is 36.4 Å². The highest BCUT2D eigenvalue weighted by Crippen LogP contribution is 2.28. The van der Waals surface area contributed by atoms with Crippen molar-refractivity contribution < 1.29 is 9.53 Å². The van der Waals surface area contributed by atoms with E-state index in [0.717, 1.165) is 0 Å². The van der Waals surface area contributed by atoms with Gasteiger partial charge in [-0.3, -0.25) is 4.79 Å². The number of rotatable bonds is 3. The monoisotopic (exact) mass is 310 g/mol. The molecular formula is C14H12Cl2N2O2. The Morgan fingerprint density at radius 3 is 2.45 bits per heavy atom. The smallest absolute Gasteiger partial charge is 0.258 e. The van der Waals surface area contributed by atoms with Gasteiger partial charge in [-0.05, 0) is 24.3 Å². The Bertz CT molecular complexity index is 639. The predicted octanol–water partition coefficient (Wildman–Crippen LogP) is 3.84. The second-order valence-corrected chi connectivity index (χ2v) is 4.82. The molecular weight excluding hydrogens is 299 g/mol. The van der Waals surface area contributed by atoms with Gasteiger partial charge in [0.25, 0.3) is 5.91 Å². The van der Waals surface area contributed by atoms with E-state index in [0.29, 0.717) is 17.1 Å². The van der Waals surface area contributed by atoms with Gasteiger partial charge in [0.1, 0.15) is 5.75 Å². The number of anilines is 2. The number of hydrogen-bond acceptors (Lipinski definition) is 3. The number of ether oxygens (including phenoxy) is 1. The summed E-state index contributed by atoms with van der Waals surface area (Å²) in [7, 11) is 1.50. The number of methoxy groups -OCH3 is 1. The molecule has 104 valence electrons. The van der Waals surface area contributed by atoms with Gasteiger partial charge in [-0.1, -0.05) is 29.3 Å². The molecule has 2 aromatic carbocycles. The number of nitrogens with two attached hydrogens (primary N) is 1. The minimum atomic E-state index is -0.396. The van der Waals surface area contributed by atoms with Gasteiger partial charge in [0.05, 0.1) is 28.4 Å². The Balaban J connectivity index is 2.28. The van der Waals surface area contributed by atoms with E-state index in [9.17, 15) is 4.79 Å². The Morgan fingerprint density at radius 1 is 1.20 bits per heavy atom. The third-order valence-electron chi connectivity index (χ3n) is 2.68. The van der Waals surface area contributed by atoms with Crippen LogP contribution in [0.1, 0.15) is 10.4 Å². The molecule has 0 atom stereocenters. The number of hydrogen-bond donors (Lipinski definition) is 2. The van der Waals surface area contributed by atoms with E-state index in [2.05, 4.69) is 5.32 Å². The van der Waals surface area contributed by atoms with Crippen LogP contribution in [0.5, 0.6) is 5.75 Å². The van der Waals surface area contributed by atoms with E-state index in [4.69, 9.17) is 33.7 Å². The fourth-order valence-corrected chi connectivity index (χ4v) is 2.27. The van der Waals surface area contributed by atoms with E-state index in [1.807, 2.05) is 0 Å². The topological polar surface area (TPSA) is 64.3 Å². The van der Waals surface area contributed by atoms with Crippen molar-refractivity contribution in [2.75, 3.05) is 18.2 Å². The molecule has 0 fully saturated rings. The van der Waals surface area contributed by atoms with Gasteiger partial charge < -0.3 is 15.8 Å². The first kappa shape index (κ1) is 14.5. The lowest BCUT2D eigenvalue weighted by Gasteiger charge is -2.10. The Labute approximate surface area is 126 Å². The molecule has 0 saturated carbocycles. The highest BCUT2D eigenvalue weighted by atomic mass is 35.5. The second-order valence-electron chi connectivity index (χ2n) is 4.01. The molecule has 20 heavy (non-hydrogen) atoms. The summed E-state index contributed by atoms with van der Waals surface area (Å²) in [5.41, 5.74) is 6.96. The van der Waals surface area contributed by atoms with Crippen molar-refractivity contribution in [2.45, 2.75) is 0 Å². The molecule has 2 aromatic rings. The first-order chi connectivity index (χ1) is 9.52. The maximum absolute atomic E-state index is 12.2. The van der Waals surface area contributed by atoms with Crippen molar-refractivity contribution in [2.24, 2.45) is 0 Å². The fraction of sp³-hybridized carbons (Fsp3) is 0.0714. The van der Waals surface area contributed by atoms with Gasteiger partial charge in [-0.15, -0.1) is 0 Å². The molecule has 0 radical (unpaired) electrons. The third kappa shape index (κ3) is 2.98. The highest BCUT2D eigenvalue weighted by Gasteiger charge is 2.15. The molecule has 0 unspecified atom stereocenters. The summed E-state index contributed by atoms with van der Waals surface area (Å²) in [6, 6.07) is 9.81. The number of amides is 1. The summed E-state index contributed by atoms with van der Waals surface area (Å²) in [5, 5.41) is 3.28. The van der Waals surface area contributed by atoms with Gasteiger partial charge in [0, 0.05) is 11.8 Å². The molecule has 1 amide bonds. The zero-order chi connectivity index (χ0) is 14.7. The minimum Gasteiger partial charge on any atom is -0.495 e. The van der Waals surface area contributed by atoms with Crippen LogP contribution in [0.4, 0.5) is 11.4 Å². The maximum atomic E-state index is 12.2. The van der Waals surface area contributed by atoms with E-state index in [-0.39, 0.29) is 15.6 Å². The minimum absolute atomic E-state index is 0.228. The molecule has 0 bridgehead atoms. The van der Waals surface area contributed by atoms with Crippen molar-refractivity contribution >= 4 is 40.5 Å². The zero-order valence-corrected chi connectivity index (χ0v) is 12.1. The molecule has 0 aliphatic rings. The summed E-state index contributed by atoms with van der Waals surface area (Å²) in [6.07, 6.45) is 0. The molecule has 0 aliphatic heterocycles. The number of benzene rings is 2. The van der Waals surface area contributed by atoms with Crippen molar-refractivity contribution in [1.29, 1.82) is 0 Å². The fourth-order valence-electron chi connectivity index (χ4n) is 1.70.